The molecule has 0 saturated heterocycles. The minimum absolute atomic E-state index is 0.0582. The third-order valence-corrected chi connectivity index (χ3v) is 3.34. The number of rotatable bonds is 4. The molecule has 2 aromatic heterocycles. The first-order chi connectivity index (χ1) is 7.25. The zero-order valence-electron chi connectivity index (χ0n) is 7.54. The molecule has 0 atom stereocenters. The van der Waals surface area contributed by atoms with Gasteiger partial charge in [-0.2, -0.15) is 11.3 Å². The Bertz CT molecular complexity index is 452. The Morgan fingerprint density at radius 3 is 3.07 bits per heavy atom. The second kappa shape index (κ2) is 4.37. The number of anilines is 1. The average Bonchev–Trinajstić information content (AvgIpc) is 2.86. The molecule has 0 aliphatic rings. The Balaban J connectivity index is 1.96. The molecule has 0 aliphatic heterocycles. The number of hydrogen-bond acceptors (Lipinski definition) is 6. The van der Waals surface area contributed by atoms with Crippen molar-refractivity contribution in [2.75, 3.05) is 5.32 Å². The number of hydrogen-bond donors (Lipinski definition) is 1. The summed E-state index contributed by atoms with van der Waals surface area (Å²) in [6, 6.07) is 2.00. The van der Waals surface area contributed by atoms with Gasteiger partial charge in [0.15, 0.2) is 5.13 Å². The van der Waals surface area contributed by atoms with Crippen molar-refractivity contribution in [2.45, 2.75) is 6.54 Å². The van der Waals surface area contributed by atoms with E-state index in [1.54, 1.807) is 11.3 Å². The van der Waals surface area contributed by atoms with Gasteiger partial charge in [-0.15, -0.1) is 0 Å². The number of thiazole rings is 1. The van der Waals surface area contributed by atoms with Crippen LogP contribution in [0, 0.1) is 10.1 Å². The molecule has 0 unspecified atom stereocenters. The van der Waals surface area contributed by atoms with Crippen molar-refractivity contribution in [1.82, 2.24) is 4.98 Å². The number of thiophene rings is 1. The SMILES string of the molecule is O=[N+]([O-])c1cnc(NCc2ccsc2)s1. The van der Waals surface area contributed by atoms with Crippen molar-refractivity contribution in [3.63, 3.8) is 0 Å². The fourth-order valence-electron chi connectivity index (χ4n) is 1.00. The second-order valence-corrected chi connectivity index (χ2v) is 4.54. The molecule has 78 valence electrons. The van der Waals surface area contributed by atoms with E-state index in [0.29, 0.717) is 11.7 Å². The fourth-order valence-corrected chi connectivity index (χ4v) is 2.30. The van der Waals surface area contributed by atoms with Gasteiger partial charge in [0.2, 0.25) is 0 Å². The fraction of sp³-hybridized carbons (Fsp3) is 0.125. The van der Waals surface area contributed by atoms with Gasteiger partial charge in [0.1, 0.15) is 6.20 Å². The van der Waals surface area contributed by atoms with Crippen LogP contribution in [0.3, 0.4) is 0 Å². The van der Waals surface area contributed by atoms with Crippen LogP contribution in [0.1, 0.15) is 5.56 Å². The van der Waals surface area contributed by atoms with Crippen LogP contribution in [0.25, 0.3) is 0 Å². The zero-order valence-corrected chi connectivity index (χ0v) is 9.18. The number of nitro groups is 1. The maximum Gasteiger partial charge on any atom is 0.345 e. The van der Waals surface area contributed by atoms with Crippen LogP contribution in [0.4, 0.5) is 10.1 Å². The van der Waals surface area contributed by atoms with Gasteiger partial charge in [-0.25, -0.2) is 4.98 Å². The third-order valence-electron chi connectivity index (χ3n) is 1.70. The summed E-state index contributed by atoms with van der Waals surface area (Å²) >= 11 is 2.66. The lowest BCUT2D eigenvalue weighted by Gasteiger charge is -1.97. The summed E-state index contributed by atoms with van der Waals surface area (Å²) in [6.07, 6.45) is 1.26. The van der Waals surface area contributed by atoms with Gasteiger partial charge in [0, 0.05) is 6.54 Å². The van der Waals surface area contributed by atoms with Gasteiger partial charge in [-0.3, -0.25) is 10.1 Å². The van der Waals surface area contributed by atoms with E-state index in [2.05, 4.69) is 10.3 Å². The van der Waals surface area contributed by atoms with Crippen LogP contribution in [-0.2, 0) is 6.54 Å². The lowest BCUT2D eigenvalue weighted by atomic mass is 10.3. The lowest BCUT2D eigenvalue weighted by Crippen LogP contribution is -1.96. The first-order valence-corrected chi connectivity index (χ1v) is 5.87. The Hall–Kier alpha value is -1.47. The summed E-state index contributed by atoms with van der Waals surface area (Å²) in [5, 5.41) is 18.1. The molecule has 0 bridgehead atoms. The molecular formula is C8H7N3O2S2. The largest absolute Gasteiger partial charge is 0.357 e. The molecule has 5 nitrogen and oxygen atoms in total. The van der Waals surface area contributed by atoms with Crippen LogP contribution in [0.2, 0.25) is 0 Å². The standard InChI is InChI=1S/C8H7N3O2S2/c12-11(13)7-4-10-8(15-7)9-3-6-1-2-14-5-6/h1-2,4-5H,3H2,(H,9,10). The van der Waals surface area contributed by atoms with Gasteiger partial charge in [-0.05, 0) is 33.7 Å². The van der Waals surface area contributed by atoms with Gasteiger partial charge in [-0.1, -0.05) is 0 Å². The quantitative estimate of drug-likeness (QED) is 0.660. The number of aromatic nitrogens is 1. The Labute approximate surface area is 93.6 Å². The summed E-state index contributed by atoms with van der Waals surface area (Å²) in [4.78, 5) is 13.9. The van der Waals surface area contributed by atoms with E-state index in [0.717, 1.165) is 16.9 Å². The first-order valence-electron chi connectivity index (χ1n) is 4.11. The normalized spacial score (nSPS) is 10.1. The number of nitrogens with one attached hydrogen (secondary N) is 1. The lowest BCUT2D eigenvalue weighted by molar-refractivity contribution is -0.380. The summed E-state index contributed by atoms with van der Waals surface area (Å²) in [5.74, 6) is 0. The Kier molecular flexibility index (Phi) is 2.93. The minimum atomic E-state index is -0.437. The van der Waals surface area contributed by atoms with Crippen molar-refractivity contribution in [2.24, 2.45) is 0 Å². The van der Waals surface area contributed by atoms with E-state index < -0.39 is 4.92 Å². The molecular weight excluding hydrogens is 234 g/mol. The molecule has 0 fully saturated rings. The Morgan fingerprint density at radius 1 is 1.60 bits per heavy atom. The van der Waals surface area contributed by atoms with Crippen LogP contribution < -0.4 is 5.32 Å². The van der Waals surface area contributed by atoms with Crippen molar-refractivity contribution in [3.05, 3.63) is 38.7 Å². The maximum absolute atomic E-state index is 10.4. The summed E-state index contributed by atoms with van der Waals surface area (Å²) in [7, 11) is 0. The highest BCUT2D eigenvalue weighted by molar-refractivity contribution is 7.18. The summed E-state index contributed by atoms with van der Waals surface area (Å²) < 4.78 is 0. The van der Waals surface area contributed by atoms with Gasteiger partial charge >= 0.3 is 5.00 Å². The van der Waals surface area contributed by atoms with E-state index >= 15 is 0 Å². The van der Waals surface area contributed by atoms with E-state index in [1.165, 1.54) is 6.20 Å². The molecule has 2 rings (SSSR count). The predicted octanol–water partition coefficient (Wildman–Crippen LogP) is 2.72. The highest BCUT2D eigenvalue weighted by Crippen LogP contribution is 2.25. The molecule has 0 amide bonds. The van der Waals surface area contributed by atoms with Crippen LogP contribution in [-0.4, -0.2) is 9.91 Å². The number of nitrogens with zero attached hydrogens (tertiary/aromatic N) is 2. The van der Waals surface area contributed by atoms with Gasteiger partial charge in [0.05, 0.1) is 4.92 Å². The monoisotopic (exact) mass is 241 g/mol. The smallest absolute Gasteiger partial charge is 0.345 e. The molecule has 2 aromatic rings. The van der Waals surface area contributed by atoms with Crippen LogP contribution in [0.5, 0.6) is 0 Å². The molecule has 0 aliphatic carbocycles. The molecule has 0 aromatic carbocycles. The van der Waals surface area contributed by atoms with E-state index in [9.17, 15) is 10.1 Å². The summed E-state index contributed by atoms with van der Waals surface area (Å²) in [5.41, 5.74) is 1.15. The highest BCUT2D eigenvalue weighted by atomic mass is 32.1. The topological polar surface area (TPSA) is 68.1 Å². The highest BCUT2D eigenvalue weighted by Gasteiger charge is 2.10. The van der Waals surface area contributed by atoms with Gasteiger partial charge in [0.25, 0.3) is 0 Å². The molecule has 2 heterocycles. The van der Waals surface area contributed by atoms with Crippen molar-refractivity contribution >= 4 is 32.8 Å². The summed E-state index contributed by atoms with van der Waals surface area (Å²) in [6.45, 7) is 0.647. The van der Waals surface area contributed by atoms with E-state index in [1.807, 2.05) is 16.8 Å². The van der Waals surface area contributed by atoms with Crippen molar-refractivity contribution < 1.29 is 4.92 Å². The predicted molar refractivity (Wildman–Crippen MR) is 60.4 cm³/mol. The van der Waals surface area contributed by atoms with Crippen LogP contribution >= 0.6 is 22.7 Å². The van der Waals surface area contributed by atoms with Crippen molar-refractivity contribution in [1.29, 1.82) is 0 Å². The second-order valence-electron chi connectivity index (χ2n) is 2.75. The van der Waals surface area contributed by atoms with Crippen molar-refractivity contribution in [3.8, 4) is 0 Å². The molecule has 0 saturated carbocycles. The van der Waals surface area contributed by atoms with Crippen LogP contribution in [0.15, 0.2) is 23.0 Å². The van der Waals surface area contributed by atoms with Gasteiger partial charge < -0.3 is 5.32 Å². The third kappa shape index (κ3) is 2.51. The van der Waals surface area contributed by atoms with E-state index in [-0.39, 0.29) is 5.00 Å². The average molecular weight is 241 g/mol. The minimum Gasteiger partial charge on any atom is -0.357 e. The first kappa shape index (κ1) is 10.1. The van der Waals surface area contributed by atoms with E-state index in [4.69, 9.17) is 0 Å². The molecule has 1 N–H and O–H groups in total. The molecule has 0 radical (unpaired) electrons. The molecule has 0 spiro atoms. The maximum atomic E-state index is 10.4. The zero-order chi connectivity index (χ0) is 10.7. The molecule has 15 heavy (non-hydrogen) atoms. The molecule has 7 heteroatoms. The Morgan fingerprint density at radius 2 is 2.47 bits per heavy atom.